The summed E-state index contributed by atoms with van der Waals surface area (Å²) in [4.78, 5) is 24.5. The van der Waals surface area contributed by atoms with Crippen molar-refractivity contribution in [2.45, 2.75) is 26.2 Å². The lowest BCUT2D eigenvalue weighted by Gasteiger charge is -2.14. The number of nitrogens with two attached hydrogens (primary N) is 1. The number of carbonyl (C=O) groups is 2. The molecule has 3 N–H and O–H groups in total. The van der Waals surface area contributed by atoms with Gasteiger partial charge < -0.3 is 15.2 Å². The number of primary amides is 1. The van der Waals surface area contributed by atoms with E-state index in [1.54, 1.807) is 12.1 Å². The van der Waals surface area contributed by atoms with Crippen LogP contribution in [0.1, 0.15) is 35.3 Å². The normalized spacial score (nSPS) is 17.6. The number of aryl methyl sites for hydroxylation is 1. The van der Waals surface area contributed by atoms with E-state index in [1.807, 2.05) is 19.9 Å². The van der Waals surface area contributed by atoms with Gasteiger partial charge in [-0.15, -0.1) is 21.5 Å². The maximum absolute atomic E-state index is 13.0. The topological polar surface area (TPSA) is 128 Å². The third kappa shape index (κ3) is 5.01. The van der Waals surface area contributed by atoms with Gasteiger partial charge in [0.05, 0.1) is 20.1 Å². The number of ether oxygens (including phenoxy) is 2. The third-order valence-corrected chi connectivity index (χ3v) is 6.94. The Morgan fingerprint density at radius 1 is 1.33 bits per heavy atom. The van der Waals surface area contributed by atoms with Gasteiger partial charge in [-0.1, -0.05) is 18.7 Å². The van der Waals surface area contributed by atoms with Crippen LogP contribution >= 0.6 is 45.7 Å². The van der Waals surface area contributed by atoms with E-state index >= 15 is 0 Å². The number of nitrogens with zero attached hydrogens (tertiary/aromatic N) is 2. The Morgan fingerprint density at radius 3 is 2.73 bits per heavy atom. The number of thioether (sulfide) groups is 1. The molecule has 0 radical (unpaired) electrons. The zero-order valence-electron chi connectivity index (χ0n) is 16.2. The third-order valence-electron chi connectivity index (χ3n) is 4.01. The molecule has 1 fully saturated rings. The highest BCUT2D eigenvalue weighted by atomic mass is 127. The Labute approximate surface area is 195 Å². The van der Waals surface area contributed by atoms with Crippen molar-refractivity contribution in [3.05, 3.63) is 36.2 Å². The molecule has 0 spiro atoms. The van der Waals surface area contributed by atoms with E-state index in [-0.39, 0.29) is 17.4 Å². The molecule has 1 aliphatic heterocycles. The van der Waals surface area contributed by atoms with E-state index in [0.29, 0.717) is 31.6 Å². The molecule has 1 aromatic heterocycles. The van der Waals surface area contributed by atoms with Crippen LogP contribution < -0.4 is 15.2 Å². The number of ketones is 1. The minimum absolute atomic E-state index is 0.161. The van der Waals surface area contributed by atoms with Crippen molar-refractivity contribution >= 4 is 68.5 Å². The number of carbonyl (C=O) groups excluding carboxylic acids is 2. The number of hydrogen-bond donors (Lipinski definition) is 2. The van der Waals surface area contributed by atoms with Crippen molar-refractivity contribution in [1.82, 2.24) is 10.2 Å². The van der Waals surface area contributed by atoms with Crippen LogP contribution in [0.4, 0.5) is 0 Å². The van der Waals surface area contributed by atoms with Crippen LogP contribution in [-0.2, 0) is 16.0 Å². The number of halogens is 1. The van der Waals surface area contributed by atoms with Gasteiger partial charge in [-0.3, -0.25) is 15.0 Å². The highest BCUT2D eigenvalue weighted by Gasteiger charge is 2.39. The second-order valence-electron chi connectivity index (χ2n) is 6.18. The fraction of sp³-hybridized carbons (Fsp3) is 0.316. The van der Waals surface area contributed by atoms with Crippen molar-refractivity contribution < 1.29 is 19.1 Å². The van der Waals surface area contributed by atoms with Gasteiger partial charge in [0.2, 0.25) is 0 Å². The lowest BCUT2D eigenvalue weighted by atomic mass is 10.1. The van der Waals surface area contributed by atoms with Crippen molar-refractivity contribution in [3.8, 4) is 11.5 Å². The molecule has 1 saturated heterocycles. The monoisotopic (exact) mass is 558 g/mol. The Morgan fingerprint density at radius 2 is 2.10 bits per heavy atom. The van der Waals surface area contributed by atoms with Gasteiger partial charge in [0.15, 0.2) is 23.9 Å². The zero-order chi connectivity index (χ0) is 21.8. The minimum atomic E-state index is -0.692. The van der Waals surface area contributed by atoms with Crippen molar-refractivity contribution in [2.24, 2.45) is 5.73 Å². The maximum atomic E-state index is 13.0. The summed E-state index contributed by atoms with van der Waals surface area (Å²) in [5.74, 6) is -0.556. The van der Waals surface area contributed by atoms with Gasteiger partial charge in [0, 0.05) is 0 Å². The van der Waals surface area contributed by atoms with Crippen LogP contribution in [0.5, 0.6) is 11.5 Å². The SMILES string of the molecule is CCOc1cc(/C=C2\SC(=N)[C@@H](c3nnc(CC)s3)C2=O)cc(I)c1OCC(N)=O. The summed E-state index contributed by atoms with van der Waals surface area (Å²) in [5, 5.41) is 18.1. The summed E-state index contributed by atoms with van der Waals surface area (Å²) >= 11 is 4.57. The summed E-state index contributed by atoms with van der Waals surface area (Å²) in [6.45, 7) is 3.96. The molecule has 2 aromatic rings. The lowest BCUT2D eigenvalue weighted by Crippen LogP contribution is -2.20. The molecule has 1 aliphatic rings. The Kier molecular flexibility index (Phi) is 7.47. The summed E-state index contributed by atoms with van der Waals surface area (Å²) in [6.07, 6.45) is 2.47. The molecule has 3 rings (SSSR count). The highest BCUT2D eigenvalue weighted by molar-refractivity contribution is 14.1. The van der Waals surface area contributed by atoms with Crippen LogP contribution in [0.25, 0.3) is 6.08 Å². The van der Waals surface area contributed by atoms with Gasteiger partial charge in [0.1, 0.15) is 15.9 Å². The molecule has 1 aromatic carbocycles. The number of aromatic nitrogens is 2. The van der Waals surface area contributed by atoms with Crippen molar-refractivity contribution in [1.29, 1.82) is 5.41 Å². The smallest absolute Gasteiger partial charge is 0.255 e. The lowest BCUT2D eigenvalue weighted by molar-refractivity contribution is -0.120. The van der Waals surface area contributed by atoms with Crippen molar-refractivity contribution in [2.75, 3.05) is 13.2 Å². The molecule has 11 heteroatoms. The van der Waals surface area contributed by atoms with E-state index in [4.69, 9.17) is 20.6 Å². The maximum Gasteiger partial charge on any atom is 0.255 e. The first-order valence-electron chi connectivity index (χ1n) is 9.05. The minimum Gasteiger partial charge on any atom is -0.490 e. The molecular formula is C19H19IN4O4S2. The molecule has 2 heterocycles. The van der Waals surface area contributed by atoms with Crippen LogP contribution in [0, 0.1) is 8.98 Å². The molecule has 0 bridgehead atoms. The van der Waals surface area contributed by atoms with Crippen LogP contribution in [0.15, 0.2) is 17.0 Å². The number of allylic oxidation sites excluding steroid dienone is 1. The first-order chi connectivity index (χ1) is 14.3. The number of hydrogen-bond acceptors (Lipinski definition) is 9. The molecule has 1 atom stereocenters. The predicted octanol–water partition coefficient (Wildman–Crippen LogP) is 3.39. The largest absolute Gasteiger partial charge is 0.490 e. The zero-order valence-corrected chi connectivity index (χ0v) is 20.0. The number of rotatable bonds is 8. The Balaban J connectivity index is 1.91. The van der Waals surface area contributed by atoms with Gasteiger partial charge in [-0.25, -0.2) is 0 Å². The molecule has 1 amide bonds. The molecule has 30 heavy (non-hydrogen) atoms. The first-order valence-corrected chi connectivity index (χ1v) is 11.8. The Hall–Kier alpha value is -1.99. The van der Waals surface area contributed by atoms with Gasteiger partial charge >= 0.3 is 0 Å². The molecule has 158 valence electrons. The fourth-order valence-electron chi connectivity index (χ4n) is 2.71. The molecule has 0 saturated carbocycles. The fourth-order valence-corrected chi connectivity index (χ4v) is 5.44. The quantitative estimate of drug-likeness (QED) is 0.376. The van der Waals surface area contributed by atoms with Gasteiger partial charge in [-0.05, 0) is 59.7 Å². The van der Waals surface area contributed by atoms with Crippen molar-refractivity contribution in [3.63, 3.8) is 0 Å². The average molecular weight is 558 g/mol. The van der Waals surface area contributed by atoms with Gasteiger partial charge in [-0.2, -0.15) is 0 Å². The van der Waals surface area contributed by atoms with Gasteiger partial charge in [0.25, 0.3) is 5.91 Å². The van der Waals surface area contributed by atoms with E-state index in [0.717, 1.165) is 28.8 Å². The highest BCUT2D eigenvalue weighted by Crippen LogP contribution is 2.42. The summed E-state index contributed by atoms with van der Waals surface area (Å²) in [6, 6.07) is 3.55. The van der Waals surface area contributed by atoms with E-state index in [1.165, 1.54) is 11.3 Å². The van der Waals surface area contributed by atoms with E-state index < -0.39 is 11.8 Å². The summed E-state index contributed by atoms with van der Waals surface area (Å²) in [5.41, 5.74) is 5.89. The predicted molar refractivity (Wildman–Crippen MR) is 125 cm³/mol. The first kappa shape index (κ1) is 22.7. The number of amides is 1. The molecule has 0 aliphatic carbocycles. The molecular weight excluding hydrogens is 539 g/mol. The summed E-state index contributed by atoms with van der Waals surface area (Å²) < 4.78 is 11.8. The summed E-state index contributed by atoms with van der Waals surface area (Å²) in [7, 11) is 0. The van der Waals surface area contributed by atoms with E-state index in [9.17, 15) is 9.59 Å². The standard InChI is InChI=1S/C19H19IN4O4S2/c1-3-14-23-24-19(30-14)15-16(26)12(29-18(15)22)7-9-5-10(20)17(28-8-13(21)25)11(6-9)27-4-2/h5-7,15,22H,3-4,8H2,1-2H3,(H2,21,25)/b12-7-,22-18?/t15-/m0/s1. The number of Topliss-reactive ketones (excluding diaryl/α,β-unsaturated/α-hetero) is 1. The second-order valence-corrected chi connectivity index (χ2v) is 9.52. The number of nitrogens with one attached hydrogen (secondary N) is 1. The average Bonchev–Trinajstić information content (AvgIpc) is 3.25. The second kappa shape index (κ2) is 9.88. The molecule has 8 nitrogen and oxygen atoms in total. The Bertz CT molecular complexity index is 1040. The van der Waals surface area contributed by atoms with E-state index in [2.05, 4.69) is 32.8 Å². The van der Waals surface area contributed by atoms with Crippen LogP contribution in [0.3, 0.4) is 0 Å². The molecule has 0 unspecified atom stereocenters. The van der Waals surface area contributed by atoms with Crippen LogP contribution in [0.2, 0.25) is 0 Å². The number of benzene rings is 1. The van der Waals surface area contributed by atoms with Crippen LogP contribution in [-0.4, -0.2) is 40.1 Å².